The molecule has 0 aliphatic heterocycles. The minimum atomic E-state index is -4.42. The van der Waals surface area contributed by atoms with E-state index in [1.807, 2.05) is 13.8 Å². The lowest BCUT2D eigenvalue weighted by molar-refractivity contribution is -0.138. The molecule has 2 N–H and O–H groups in total. The van der Waals surface area contributed by atoms with Crippen LogP contribution in [0.15, 0.2) is 18.2 Å². The van der Waals surface area contributed by atoms with Crippen LogP contribution >= 0.6 is 24.0 Å². The smallest absolute Gasteiger partial charge is 0.324 e. The Morgan fingerprint density at radius 3 is 2.28 bits per heavy atom. The van der Waals surface area contributed by atoms with Crippen molar-refractivity contribution in [1.82, 2.24) is 0 Å². The van der Waals surface area contributed by atoms with Crippen molar-refractivity contribution in [3.63, 3.8) is 0 Å². The minimum absolute atomic E-state index is 0. The van der Waals surface area contributed by atoms with Crippen LogP contribution in [0.25, 0.3) is 0 Å². The van der Waals surface area contributed by atoms with Crippen LogP contribution in [-0.4, -0.2) is 0 Å². The van der Waals surface area contributed by atoms with Crippen LogP contribution in [0.1, 0.15) is 37.4 Å². The quantitative estimate of drug-likeness (QED) is 0.850. The van der Waals surface area contributed by atoms with E-state index in [1.165, 1.54) is 12.1 Å². The Balaban J connectivity index is 0.00000289. The molecule has 0 saturated heterocycles. The van der Waals surface area contributed by atoms with Gasteiger partial charge in [-0.05, 0) is 30.0 Å². The molecule has 0 amide bonds. The van der Waals surface area contributed by atoms with Crippen LogP contribution in [0.5, 0.6) is 0 Å². The molecule has 18 heavy (non-hydrogen) atoms. The van der Waals surface area contributed by atoms with Gasteiger partial charge < -0.3 is 5.73 Å². The highest BCUT2D eigenvalue weighted by molar-refractivity contribution is 6.31. The van der Waals surface area contributed by atoms with Crippen LogP contribution in [0.3, 0.4) is 0 Å². The molecular formula is C12H16Cl2F3N. The molecule has 0 unspecified atom stereocenters. The summed E-state index contributed by atoms with van der Waals surface area (Å²) >= 11 is 5.83. The molecule has 0 saturated carbocycles. The SMILES string of the molecule is CC(C)C[C@@H](N)c1c(Cl)cccc1C(F)(F)F.Cl. The lowest BCUT2D eigenvalue weighted by Crippen LogP contribution is -2.19. The first-order valence-electron chi connectivity index (χ1n) is 5.34. The van der Waals surface area contributed by atoms with E-state index in [4.69, 9.17) is 17.3 Å². The number of halogens is 5. The normalized spacial score (nSPS) is 13.3. The van der Waals surface area contributed by atoms with Gasteiger partial charge in [0, 0.05) is 11.1 Å². The zero-order valence-corrected chi connectivity index (χ0v) is 11.7. The average Bonchev–Trinajstić information content (AvgIpc) is 2.14. The fourth-order valence-electron chi connectivity index (χ4n) is 1.79. The van der Waals surface area contributed by atoms with Crippen molar-refractivity contribution < 1.29 is 13.2 Å². The number of hydrogen-bond acceptors (Lipinski definition) is 1. The zero-order valence-electron chi connectivity index (χ0n) is 10.1. The number of hydrogen-bond donors (Lipinski definition) is 1. The van der Waals surface area contributed by atoms with Gasteiger partial charge in [-0.3, -0.25) is 0 Å². The van der Waals surface area contributed by atoms with Crippen molar-refractivity contribution >= 4 is 24.0 Å². The van der Waals surface area contributed by atoms with Crippen LogP contribution in [-0.2, 0) is 6.18 Å². The van der Waals surface area contributed by atoms with Gasteiger partial charge in [0.25, 0.3) is 0 Å². The Hall–Kier alpha value is -0.450. The highest BCUT2D eigenvalue weighted by Gasteiger charge is 2.35. The summed E-state index contributed by atoms with van der Waals surface area (Å²) in [6.45, 7) is 3.81. The van der Waals surface area contributed by atoms with E-state index >= 15 is 0 Å². The third-order valence-corrected chi connectivity index (χ3v) is 2.78. The maximum atomic E-state index is 12.8. The molecule has 0 heterocycles. The topological polar surface area (TPSA) is 26.0 Å². The first kappa shape index (κ1) is 17.6. The van der Waals surface area contributed by atoms with Gasteiger partial charge in [0.1, 0.15) is 0 Å². The summed E-state index contributed by atoms with van der Waals surface area (Å²) < 4.78 is 38.4. The van der Waals surface area contributed by atoms with Crippen LogP contribution in [0.2, 0.25) is 5.02 Å². The molecule has 1 rings (SSSR count). The summed E-state index contributed by atoms with van der Waals surface area (Å²) in [7, 11) is 0. The lowest BCUT2D eigenvalue weighted by atomic mass is 9.94. The van der Waals surface area contributed by atoms with E-state index in [1.54, 1.807) is 0 Å². The van der Waals surface area contributed by atoms with E-state index in [-0.39, 0.29) is 28.9 Å². The van der Waals surface area contributed by atoms with Gasteiger partial charge in [0.2, 0.25) is 0 Å². The molecule has 104 valence electrons. The Labute approximate surface area is 116 Å². The first-order chi connectivity index (χ1) is 7.73. The molecule has 0 aliphatic rings. The molecule has 1 aromatic carbocycles. The average molecular weight is 302 g/mol. The molecule has 0 aliphatic carbocycles. The molecule has 6 heteroatoms. The summed E-state index contributed by atoms with van der Waals surface area (Å²) in [5.41, 5.74) is 5.07. The van der Waals surface area contributed by atoms with Gasteiger partial charge in [-0.2, -0.15) is 13.2 Å². The summed E-state index contributed by atoms with van der Waals surface area (Å²) in [4.78, 5) is 0. The van der Waals surface area contributed by atoms with Crippen molar-refractivity contribution in [2.24, 2.45) is 11.7 Å². The Morgan fingerprint density at radius 2 is 1.83 bits per heavy atom. The molecule has 0 fully saturated rings. The van der Waals surface area contributed by atoms with Gasteiger partial charge in [0.15, 0.2) is 0 Å². The Kier molecular flexibility index (Phi) is 6.47. The molecule has 0 radical (unpaired) electrons. The van der Waals surface area contributed by atoms with Crippen LogP contribution < -0.4 is 5.73 Å². The molecule has 0 bridgehead atoms. The van der Waals surface area contributed by atoms with Crippen molar-refractivity contribution in [2.45, 2.75) is 32.5 Å². The van der Waals surface area contributed by atoms with E-state index in [2.05, 4.69) is 0 Å². The second kappa shape index (κ2) is 6.64. The van der Waals surface area contributed by atoms with E-state index in [0.717, 1.165) is 6.07 Å². The molecular weight excluding hydrogens is 286 g/mol. The van der Waals surface area contributed by atoms with Crippen LogP contribution in [0.4, 0.5) is 13.2 Å². The second-order valence-corrected chi connectivity index (χ2v) is 4.84. The van der Waals surface area contributed by atoms with Crippen molar-refractivity contribution in [2.75, 3.05) is 0 Å². The van der Waals surface area contributed by atoms with E-state index < -0.39 is 17.8 Å². The molecule has 0 aromatic heterocycles. The summed E-state index contributed by atoms with van der Waals surface area (Å²) in [5, 5.41) is 0.0768. The van der Waals surface area contributed by atoms with Gasteiger partial charge in [-0.1, -0.05) is 31.5 Å². The van der Waals surface area contributed by atoms with E-state index in [0.29, 0.717) is 6.42 Å². The predicted molar refractivity (Wildman–Crippen MR) is 70.1 cm³/mol. The highest BCUT2D eigenvalue weighted by Crippen LogP contribution is 2.38. The van der Waals surface area contributed by atoms with Gasteiger partial charge in [-0.25, -0.2) is 0 Å². The molecule has 0 spiro atoms. The number of benzene rings is 1. The second-order valence-electron chi connectivity index (χ2n) is 4.43. The Morgan fingerprint density at radius 1 is 1.28 bits per heavy atom. The van der Waals surface area contributed by atoms with Gasteiger partial charge in [0.05, 0.1) is 5.56 Å². The van der Waals surface area contributed by atoms with Crippen molar-refractivity contribution in [1.29, 1.82) is 0 Å². The monoisotopic (exact) mass is 301 g/mol. The number of nitrogens with two attached hydrogens (primary N) is 1. The Bertz CT molecular complexity index is 391. The van der Waals surface area contributed by atoms with Gasteiger partial charge in [-0.15, -0.1) is 12.4 Å². The third kappa shape index (κ3) is 4.34. The van der Waals surface area contributed by atoms with Gasteiger partial charge >= 0.3 is 6.18 Å². The molecule has 1 nitrogen and oxygen atoms in total. The summed E-state index contributed by atoms with van der Waals surface area (Å²) in [6, 6.07) is 3.05. The molecule has 1 atom stereocenters. The zero-order chi connectivity index (χ0) is 13.2. The number of alkyl halides is 3. The molecule has 1 aromatic rings. The minimum Gasteiger partial charge on any atom is -0.324 e. The maximum absolute atomic E-state index is 12.8. The third-order valence-electron chi connectivity index (χ3n) is 2.45. The largest absolute Gasteiger partial charge is 0.416 e. The fraction of sp³-hybridized carbons (Fsp3) is 0.500. The standard InChI is InChI=1S/C12H15ClF3N.ClH/c1-7(2)6-10(17)11-8(12(14,15)16)4-3-5-9(11)13;/h3-5,7,10H,6,17H2,1-2H3;1H/t10-;/m1./s1. The maximum Gasteiger partial charge on any atom is 0.416 e. The van der Waals surface area contributed by atoms with Crippen LogP contribution in [0, 0.1) is 5.92 Å². The predicted octanol–water partition coefficient (Wildman–Crippen LogP) is 4.83. The fourth-order valence-corrected chi connectivity index (χ4v) is 2.10. The number of rotatable bonds is 3. The van der Waals surface area contributed by atoms with Crippen molar-refractivity contribution in [3.8, 4) is 0 Å². The summed E-state index contributed by atoms with van der Waals surface area (Å²) in [5.74, 6) is 0.211. The van der Waals surface area contributed by atoms with Crippen molar-refractivity contribution in [3.05, 3.63) is 34.3 Å². The lowest BCUT2D eigenvalue weighted by Gasteiger charge is -2.21. The summed E-state index contributed by atoms with van der Waals surface area (Å²) in [6.07, 6.45) is -3.96. The first-order valence-corrected chi connectivity index (χ1v) is 5.72. The highest BCUT2D eigenvalue weighted by atomic mass is 35.5. The van der Waals surface area contributed by atoms with E-state index in [9.17, 15) is 13.2 Å².